The number of nitrogens with zero attached hydrogens (tertiary/aromatic N) is 4. The second kappa shape index (κ2) is 8.11. The van der Waals surface area contributed by atoms with Gasteiger partial charge in [-0.15, -0.1) is 0 Å². The summed E-state index contributed by atoms with van der Waals surface area (Å²) < 4.78 is 0. The number of aliphatic imine (C=N–C) groups is 1. The molecular weight excluding hydrogens is 396 g/mol. The molecule has 6 rings (SSSR count). The Morgan fingerprint density at radius 1 is 1.06 bits per heavy atom. The Kier molecular flexibility index (Phi) is 5.09. The Morgan fingerprint density at radius 2 is 1.97 bits per heavy atom. The van der Waals surface area contributed by atoms with Crippen LogP contribution in [0.4, 0.5) is 0 Å². The lowest BCUT2D eigenvalue weighted by atomic mass is 9.84. The number of fused-ring (bicyclic) bond motifs is 2. The molecule has 0 bridgehead atoms. The number of hydrogen-bond acceptors (Lipinski definition) is 4. The van der Waals surface area contributed by atoms with E-state index in [9.17, 15) is 4.79 Å². The smallest absolute Gasteiger partial charge is 0.227 e. The first-order chi connectivity index (χ1) is 15.6. The molecule has 2 aromatic rings. The predicted molar refractivity (Wildman–Crippen MR) is 126 cm³/mol. The zero-order valence-electron chi connectivity index (χ0n) is 19.0. The van der Waals surface area contributed by atoms with Crippen molar-refractivity contribution in [3.8, 4) is 0 Å². The molecule has 1 saturated carbocycles. The van der Waals surface area contributed by atoms with Crippen LogP contribution in [0.15, 0.2) is 35.5 Å². The maximum Gasteiger partial charge on any atom is 0.227 e. The molecule has 3 aliphatic heterocycles. The molecule has 1 aromatic carbocycles. The highest BCUT2D eigenvalue weighted by Crippen LogP contribution is 2.33. The van der Waals surface area contributed by atoms with Crippen molar-refractivity contribution in [1.29, 1.82) is 0 Å². The summed E-state index contributed by atoms with van der Waals surface area (Å²) in [5, 5.41) is 0. The summed E-state index contributed by atoms with van der Waals surface area (Å²) in [7, 11) is 0. The maximum absolute atomic E-state index is 13.1. The van der Waals surface area contributed by atoms with E-state index in [0.717, 1.165) is 42.4 Å². The molecule has 4 heterocycles. The van der Waals surface area contributed by atoms with Gasteiger partial charge in [-0.3, -0.25) is 14.8 Å². The molecule has 0 radical (unpaired) electrons. The van der Waals surface area contributed by atoms with Gasteiger partial charge in [-0.2, -0.15) is 0 Å². The predicted octanol–water partition coefficient (Wildman–Crippen LogP) is 3.89. The lowest BCUT2D eigenvalue weighted by molar-refractivity contribution is -0.135. The van der Waals surface area contributed by atoms with Gasteiger partial charge in [0.05, 0.1) is 18.7 Å². The Bertz CT molecular complexity index is 1090. The van der Waals surface area contributed by atoms with E-state index in [1.807, 2.05) is 13.1 Å². The van der Waals surface area contributed by atoms with Gasteiger partial charge < -0.3 is 9.80 Å². The first kappa shape index (κ1) is 20.1. The van der Waals surface area contributed by atoms with Crippen LogP contribution in [-0.4, -0.2) is 52.1 Å². The Hall–Kier alpha value is -2.53. The fourth-order valence-corrected chi connectivity index (χ4v) is 5.95. The van der Waals surface area contributed by atoms with Crippen LogP contribution >= 0.6 is 0 Å². The minimum absolute atomic E-state index is 0.303. The number of benzene rings is 1. The van der Waals surface area contributed by atoms with E-state index in [4.69, 9.17) is 4.99 Å². The largest absolute Gasteiger partial charge is 0.334 e. The minimum atomic E-state index is 0.303. The van der Waals surface area contributed by atoms with Crippen LogP contribution in [0.25, 0.3) is 0 Å². The number of aromatic nitrogens is 1. The molecule has 1 aromatic heterocycles. The summed E-state index contributed by atoms with van der Waals surface area (Å²) in [6, 6.07) is 9.08. The Labute approximate surface area is 190 Å². The van der Waals surface area contributed by atoms with Crippen molar-refractivity contribution in [1.82, 2.24) is 14.8 Å². The second-order valence-corrected chi connectivity index (χ2v) is 10.2. The molecule has 0 N–H and O–H groups in total. The van der Waals surface area contributed by atoms with Gasteiger partial charge in [0.1, 0.15) is 0 Å². The van der Waals surface area contributed by atoms with E-state index in [0.29, 0.717) is 24.9 Å². The van der Waals surface area contributed by atoms with Crippen molar-refractivity contribution in [2.45, 2.75) is 64.6 Å². The molecule has 32 heavy (non-hydrogen) atoms. The van der Waals surface area contributed by atoms with E-state index in [2.05, 4.69) is 39.0 Å². The number of rotatable bonds is 4. The Morgan fingerprint density at radius 3 is 2.78 bits per heavy atom. The summed E-state index contributed by atoms with van der Waals surface area (Å²) in [5.41, 5.74) is 8.21. The normalized spacial score (nSPS) is 23.5. The first-order valence-corrected chi connectivity index (χ1v) is 12.3. The van der Waals surface area contributed by atoms with Crippen molar-refractivity contribution < 1.29 is 4.79 Å². The molecule has 5 heteroatoms. The standard InChI is InChI=1S/C27H32N4O/c1-18-10-20(7-8-28-18)27-25-12-23-16-31(26(32)13-21(23)11-22(25)14-29-27)24-6-3-9-30(17-24)15-19-4-2-5-19/h7-8,10-12,19,24H,2-6,9,13-17H2,1H3/t24-/m1/s1. The van der Waals surface area contributed by atoms with Gasteiger partial charge in [-0.1, -0.05) is 12.5 Å². The Balaban J connectivity index is 1.23. The van der Waals surface area contributed by atoms with Gasteiger partial charge >= 0.3 is 0 Å². The zero-order valence-corrected chi connectivity index (χ0v) is 19.0. The highest BCUT2D eigenvalue weighted by Gasteiger charge is 2.34. The zero-order chi connectivity index (χ0) is 21.7. The third kappa shape index (κ3) is 3.66. The first-order valence-electron chi connectivity index (χ1n) is 12.3. The number of piperidine rings is 1. The lowest BCUT2D eigenvalue weighted by Crippen LogP contribution is -2.52. The quantitative estimate of drug-likeness (QED) is 0.742. The van der Waals surface area contributed by atoms with Gasteiger partial charge in [0, 0.05) is 48.7 Å². The van der Waals surface area contributed by atoms with Crippen LogP contribution in [0, 0.1) is 12.8 Å². The molecule has 0 spiro atoms. The molecule has 5 nitrogen and oxygen atoms in total. The van der Waals surface area contributed by atoms with Gasteiger partial charge in [0.15, 0.2) is 0 Å². The number of aryl methyl sites for hydroxylation is 1. The molecular formula is C27H32N4O. The maximum atomic E-state index is 13.1. The number of hydrogen-bond donors (Lipinski definition) is 0. The van der Waals surface area contributed by atoms with Crippen molar-refractivity contribution in [2.75, 3.05) is 19.6 Å². The third-order valence-corrected chi connectivity index (χ3v) is 7.92. The summed E-state index contributed by atoms with van der Waals surface area (Å²) in [4.78, 5) is 27.1. The summed E-state index contributed by atoms with van der Waals surface area (Å²) in [5.74, 6) is 1.19. The van der Waals surface area contributed by atoms with Gasteiger partial charge in [0.25, 0.3) is 0 Å². The number of amides is 1. The van der Waals surface area contributed by atoms with Crippen molar-refractivity contribution in [2.24, 2.45) is 10.9 Å². The van der Waals surface area contributed by atoms with E-state index < -0.39 is 0 Å². The lowest BCUT2D eigenvalue weighted by Gasteiger charge is -2.43. The average molecular weight is 429 g/mol. The summed E-state index contributed by atoms with van der Waals surface area (Å²) in [6.07, 6.45) is 8.92. The molecule has 2 fully saturated rings. The molecule has 4 aliphatic rings. The van der Waals surface area contributed by atoms with Crippen LogP contribution in [-0.2, 0) is 24.3 Å². The highest BCUT2D eigenvalue weighted by molar-refractivity contribution is 6.15. The summed E-state index contributed by atoms with van der Waals surface area (Å²) >= 11 is 0. The van der Waals surface area contributed by atoms with Crippen LogP contribution in [0.3, 0.4) is 0 Å². The number of likely N-dealkylation sites (tertiary alicyclic amines) is 1. The van der Waals surface area contributed by atoms with E-state index in [1.54, 1.807) is 0 Å². The van der Waals surface area contributed by atoms with Crippen molar-refractivity contribution >= 4 is 11.6 Å². The number of carbonyl (C=O) groups is 1. The van der Waals surface area contributed by atoms with Crippen LogP contribution in [0.1, 0.15) is 65.6 Å². The molecule has 1 atom stereocenters. The number of carbonyl (C=O) groups excluding carboxylic acids is 1. The van der Waals surface area contributed by atoms with Gasteiger partial charge in [-0.05, 0) is 80.0 Å². The number of pyridine rings is 1. The van der Waals surface area contributed by atoms with Crippen LogP contribution < -0.4 is 0 Å². The summed E-state index contributed by atoms with van der Waals surface area (Å²) in [6.45, 7) is 6.94. The second-order valence-electron chi connectivity index (χ2n) is 10.2. The SMILES string of the molecule is Cc1cc(C2=NCc3cc4c(cc32)CN([C@@H]2CCCN(CC3CCC3)C2)C(=O)C4)ccn1. The minimum Gasteiger partial charge on any atom is -0.334 e. The van der Waals surface area contributed by atoms with Crippen molar-refractivity contribution in [3.05, 3.63) is 64.0 Å². The van der Waals surface area contributed by atoms with Gasteiger partial charge in [0.2, 0.25) is 5.91 Å². The molecule has 0 unspecified atom stereocenters. The van der Waals surface area contributed by atoms with Crippen LogP contribution in [0.2, 0.25) is 0 Å². The van der Waals surface area contributed by atoms with E-state index in [-0.39, 0.29) is 0 Å². The molecule has 1 aliphatic carbocycles. The topological polar surface area (TPSA) is 48.8 Å². The fraction of sp³-hybridized carbons (Fsp3) is 0.519. The van der Waals surface area contributed by atoms with Crippen molar-refractivity contribution in [3.63, 3.8) is 0 Å². The van der Waals surface area contributed by atoms with Gasteiger partial charge in [-0.25, -0.2) is 0 Å². The average Bonchev–Trinajstić information content (AvgIpc) is 3.17. The third-order valence-electron chi connectivity index (χ3n) is 7.92. The monoisotopic (exact) mass is 428 g/mol. The molecule has 1 amide bonds. The van der Waals surface area contributed by atoms with Crippen LogP contribution in [0.5, 0.6) is 0 Å². The van der Waals surface area contributed by atoms with E-state index in [1.165, 1.54) is 61.0 Å². The highest BCUT2D eigenvalue weighted by atomic mass is 16.2. The molecule has 1 saturated heterocycles. The molecule has 166 valence electrons. The fourth-order valence-electron chi connectivity index (χ4n) is 5.95. The van der Waals surface area contributed by atoms with E-state index >= 15 is 0 Å².